The van der Waals surface area contributed by atoms with Crippen LogP contribution >= 0.6 is 0 Å². The van der Waals surface area contributed by atoms with E-state index in [4.69, 9.17) is 38.0 Å². The Morgan fingerprint density at radius 3 is 1.30 bits per heavy atom. The topological polar surface area (TPSA) is 339 Å². The molecule has 0 saturated carbocycles. The number of ketones is 4. The van der Waals surface area contributed by atoms with Crippen LogP contribution in [0.1, 0.15) is 304 Å². The van der Waals surface area contributed by atoms with Gasteiger partial charge in [-0.2, -0.15) is 0 Å². The summed E-state index contributed by atoms with van der Waals surface area (Å²) in [7, 11) is 0. The van der Waals surface area contributed by atoms with Crippen molar-refractivity contribution in [3.05, 3.63) is 85.1 Å². The van der Waals surface area contributed by atoms with E-state index in [1.54, 1.807) is 45.9 Å². The maximum atomic E-state index is 12.4. The number of esters is 6. The second kappa shape index (κ2) is 59.7. The lowest BCUT2D eigenvalue weighted by molar-refractivity contribution is -0.178. The van der Waals surface area contributed by atoms with Crippen LogP contribution in [0.15, 0.2) is 85.1 Å². The first kappa shape index (κ1) is 97.4. The molecule has 24 nitrogen and oxygen atoms in total. The minimum absolute atomic E-state index is 0.00162. The van der Waals surface area contributed by atoms with Gasteiger partial charge in [-0.25, -0.2) is 4.79 Å². The number of hydroxylamine groups is 2. The number of Topliss-reactive ketones (excluding diaryl/α,β-unsaturated/α-hetero) is 2. The van der Waals surface area contributed by atoms with E-state index in [1.807, 2.05) is 42.5 Å². The first-order valence-electron chi connectivity index (χ1n) is 42.5. The summed E-state index contributed by atoms with van der Waals surface area (Å²) >= 11 is 0. The number of fused-ring (bicyclic) bond motifs is 2. The van der Waals surface area contributed by atoms with Crippen molar-refractivity contribution >= 4 is 76.9 Å². The second-order valence-electron chi connectivity index (χ2n) is 30.2. The Morgan fingerprint density at radius 2 is 0.805 bits per heavy atom. The van der Waals surface area contributed by atoms with Crippen molar-refractivity contribution in [1.82, 2.24) is 5.06 Å². The average Bonchev–Trinajstić information content (AvgIpc) is 1.81. The number of nitrogens with zero attached hydrogens (tertiary/aromatic N) is 1. The van der Waals surface area contributed by atoms with E-state index < -0.39 is 36.3 Å². The molecule has 2 amide bonds. The number of aliphatic hydroxyl groups is 2. The smallest absolute Gasteiger partial charge is 0.466 e. The highest BCUT2D eigenvalue weighted by Crippen LogP contribution is 2.33. The third-order valence-electron chi connectivity index (χ3n) is 21.0. The molecule has 3 heterocycles. The summed E-state index contributed by atoms with van der Waals surface area (Å²) in [4.78, 5) is 154. The van der Waals surface area contributed by atoms with Crippen LogP contribution < -0.4 is 0 Å². The summed E-state index contributed by atoms with van der Waals surface area (Å²) < 4.78 is 35.1. The molecule has 11 atom stereocenters. The normalized spacial score (nSPS) is 27.4. The van der Waals surface area contributed by atoms with Crippen molar-refractivity contribution in [2.24, 2.45) is 35.5 Å². The lowest BCUT2D eigenvalue weighted by Gasteiger charge is -2.26. The Labute approximate surface area is 670 Å². The van der Waals surface area contributed by atoms with E-state index in [-0.39, 0.29) is 128 Å². The predicted octanol–water partition coefficient (Wildman–Crippen LogP) is 16.3. The Morgan fingerprint density at radius 1 is 0.407 bits per heavy atom. The van der Waals surface area contributed by atoms with Gasteiger partial charge in [0.05, 0.1) is 64.3 Å². The van der Waals surface area contributed by atoms with Gasteiger partial charge in [0.25, 0.3) is 11.8 Å². The van der Waals surface area contributed by atoms with Gasteiger partial charge in [0.2, 0.25) is 0 Å². The molecule has 0 spiro atoms. The fraction of sp³-hybridized carbons (Fsp3) is 0.697. The number of allylic oxidation sites excluding steroid dienone is 9. The number of rotatable bonds is 22. The van der Waals surface area contributed by atoms with Gasteiger partial charge in [-0.05, 0) is 218 Å². The number of imide groups is 1. The Kier molecular flexibility index (Phi) is 51.4. The molecule has 632 valence electrons. The lowest BCUT2D eigenvalue weighted by Crippen LogP contribution is -2.35. The second-order valence-corrected chi connectivity index (χ2v) is 30.2. The molecule has 11 unspecified atom stereocenters. The maximum Gasteiger partial charge on any atom is 0.534 e. The Bertz CT molecular complexity index is 3080. The zero-order chi connectivity index (χ0) is 82.2. The van der Waals surface area contributed by atoms with Gasteiger partial charge in [-0.15, -0.1) is 0 Å². The van der Waals surface area contributed by atoms with Crippen molar-refractivity contribution in [2.75, 3.05) is 26.4 Å². The van der Waals surface area contributed by atoms with E-state index in [0.29, 0.717) is 107 Å². The summed E-state index contributed by atoms with van der Waals surface area (Å²) in [6, 6.07) is 0. The molecule has 10 aliphatic rings. The fourth-order valence-corrected chi connectivity index (χ4v) is 14.7. The molecule has 0 radical (unpaired) electrons. The molecule has 7 aliphatic carbocycles. The summed E-state index contributed by atoms with van der Waals surface area (Å²) in [5.74, 6) is -1.16. The van der Waals surface area contributed by atoms with Crippen molar-refractivity contribution in [1.29, 1.82) is 0 Å². The predicted molar refractivity (Wildman–Crippen MR) is 425 cm³/mol. The largest absolute Gasteiger partial charge is 0.534 e. The first-order valence-corrected chi connectivity index (χ1v) is 42.5. The van der Waals surface area contributed by atoms with Crippen LogP contribution in [0.2, 0.25) is 0 Å². The molecule has 2 N–H and O–H groups in total. The highest BCUT2D eigenvalue weighted by Gasteiger charge is 2.37. The highest BCUT2D eigenvalue weighted by atomic mass is 16.8. The number of ether oxygens (including phenoxy) is 7. The van der Waals surface area contributed by atoms with Gasteiger partial charge < -0.3 is 43.4 Å². The number of aliphatic hydroxyl groups excluding tert-OH is 2. The van der Waals surface area contributed by atoms with Crippen molar-refractivity contribution in [3.63, 3.8) is 0 Å². The van der Waals surface area contributed by atoms with Crippen molar-refractivity contribution in [2.45, 2.75) is 334 Å². The zero-order valence-corrected chi connectivity index (χ0v) is 68.1. The molecule has 10 rings (SSSR count). The van der Waals surface area contributed by atoms with E-state index >= 15 is 0 Å². The third-order valence-corrected chi connectivity index (χ3v) is 21.0. The first-order chi connectivity index (χ1) is 54.6. The maximum absolute atomic E-state index is 12.4. The van der Waals surface area contributed by atoms with Gasteiger partial charge in [0, 0.05) is 81.5 Å². The van der Waals surface area contributed by atoms with Crippen LogP contribution in [0.25, 0.3) is 0 Å². The van der Waals surface area contributed by atoms with E-state index in [1.165, 1.54) is 38.5 Å². The van der Waals surface area contributed by atoms with Crippen molar-refractivity contribution < 1.29 is 111 Å². The molecule has 0 aromatic heterocycles. The monoisotopic (exact) mass is 1580 g/mol. The summed E-state index contributed by atoms with van der Waals surface area (Å²) in [5.41, 5.74) is 0. The standard InChI is InChI=1S/C21H29NO8.C16H26O4.C12H20O3.C12H18O3.2C10H14O2.C8H12O/c1-2-28-20(26)11-7-9-16(23)14-15-8-5-3-4-6-10-17(15)29-21(27)30-22-18(24)12-13-19(22)25;1-2-20-16(19)11-7-9-14(17)12-13-8-5-3-4-6-10-15(13)18;2*1-2-15-12(14)9-10-7-5-3-4-6-8-11(10)13;2*11-10-7-8-5-3-1-2-4-6-9(8)12-10;9-8-6-4-2-1-3-5-7-8/h6,10,15,17H,2-5,7-9,11-14H2,1H3;6,10,13,15,18H,2-5,7-9,11-12H2,1H3;6,8,10-11,13H,2-5,7,9H2,1H3;6,8,10H,2-5,7,9H2,1H3;2*4,6,8-9H,1-3,5,7H2;4,6H,1-3,5,7H2/b2*10-6+;2*8-6-;6-4+;2*6-4-. The molecular formula is C89H133NO23. The van der Waals surface area contributed by atoms with Crippen LogP contribution in [0.4, 0.5) is 4.79 Å². The van der Waals surface area contributed by atoms with E-state index in [0.717, 1.165) is 141 Å². The number of carbonyl (C=O) groups is 13. The average molecular weight is 1590 g/mol. The van der Waals surface area contributed by atoms with Crippen LogP contribution in [-0.4, -0.2) is 149 Å². The summed E-state index contributed by atoms with van der Waals surface area (Å²) in [6.07, 6.45) is 59.2. The molecule has 3 fully saturated rings. The van der Waals surface area contributed by atoms with Gasteiger partial charge in [0.1, 0.15) is 29.9 Å². The van der Waals surface area contributed by atoms with E-state index in [9.17, 15) is 72.5 Å². The van der Waals surface area contributed by atoms with Gasteiger partial charge in [-0.1, -0.05) is 105 Å². The summed E-state index contributed by atoms with van der Waals surface area (Å²) in [6.45, 7) is 8.56. The number of carbonyl (C=O) groups excluding carboxylic acids is 13. The molecular weight excluding hydrogens is 1450 g/mol. The van der Waals surface area contributed by atoms with Gasteiger partial charge in [0.15, 0.2) is 11.6 Å². The summed E-state index contributed by atoms with van der Waals surface area (Å²) in [5, 5.41) is 20.2. The lowest BCUT2D eigenvalue weighted by atomic mass is 9.87. The molecule has 3 saturated heterocycles. The van der Waals surface area contributed by atoms with Gasteiger partial charge >= 0.3 is 42.0 Å². The van der Waals surface area contributed by atoms with E-state index in [2.05, 4.69) is 24.3 Å². The molecule has 3 aliphatic heterocycles. The van der Waals surface area contributed by atoms with Gasteiger partial charge in [-0.3, -0.25) is 62.4 Å². The molecule has 24 heteroatoms. The van der Waals surface area contributed by atoms with Crippen LogP contribution in [0.3, 0.4) is 0 Å². The number of amides is 2. The Hall–Kier alpha value is -7.99. The Balaban J connectivity index is 0.000000287. The molecule has 0 aromatic carbocycles. The molecule has 0 bridgehead atoms. The van der Waals surface area contributed by atoms with Crippen LogP contribution in [0, 0.1) is 35.5 Å². The van der Waals surface area contributed by atoms with Crippen LogP contribution in [-0.2, 0) is 95.5 Å². The molecule has 113 heavy (non-hydrogen) atoms. The highest BCUT2D eigenvalue weighted by molar-refractivity contribution is 6.01. The SMILES string of the molecule is CCOC(=O)CC1CCCC/C=C\C1=O.CCOC(=O)CC1CCCC/C=C\C1O.CCOC(=O)CCCC(=O)CC1CCCC/C=C/C1O.CCOC(=O)CCCC(=O)CC1CCCC/C=C/C1OC(=O)ON1C(=O)CCC1=O.O=C1/C=C\CCCCC1.O=C1CC2CCCC/C=C/C2O1.O=C1CC2CCCC/C=C\C2O1. The number of hydrogen-bond acceptors (Lipinski definition) is 23. The quantitative estimate of drug-likeness (QED) is 0.0440. The fourth-order valence-electron chi connectivity index (χ4n) is 14.7. The number of hydrogen-bond donors (Lipinski definition) is 2. The van der Waals surface area contributed by atoms with Crippen molar-refractivity contribution in [3.8, 4) is 0 Å². The minimum atomic E-state index is -1.14. The minimum Gasteiger partial charge on any atom is -0.466 e. The zero-order valence-electron chi connectivity index (χ0n) is 68.1. The molecule has 0 aromatic rings. The van der Waals surface area contributed by atoms with Crippen LogP contribution in [0.5, 0.6) is 0 Å². The third kappa shape index (κ3) is 43.9.